The molecule has 2 heterocycles. The summed E-state index contributed by atoms with van der Waals surface area (Å²) in [6.45, 7) is 3.21. The van der Waals surface area contributed by atoms with Crippen molar-refractivity contribution in [2.75, 3.05) is 18.0 Å². The van der Waals surface area contributed by atoms with E-state index in [-0.39, 0.29) is 17.4 Å². The minimum Gasteiger partial charge on any atom is -0.472 e. The molecule has 1 unspecified atom stereocenters. The van der Waals surface area contributed by atoms with Gasteiger partial charge in [-0.2, -0.15) is 0 Å². The summed E-state index contributed by atoms with van der Waals surface area (Å²) in [6, 6.07) is 8.25. The number of benzene rings is 1. The normalized spacial score (nSPS) is 16.9. The smallest absolute Gasteiger partial charge is 0.250 e. The minimum absolute atomic E-state index is 0.107. The Balaban J connectivity index is 1.69. The van der Waals surface area contributed by atoms with E-state index in [1.54, 1.807) is 6.07 Å². The lowest BCUT2D eigenvalue weighted by molar-refractivity contribution is 0.100. The Morgan fingerprint density at radius 1 is 1.40 bits per heavy atom. The molecule has 1 aliphatic rings. The molecule has 1 aliphatic heterocycles. The van der Waals surface area contributed by atoms with Gasteiger partial charge in [-0.1, -0.05) is 25.5 Å². The molecule has 1 atom stereocenters. The Kier molecular flexibility index (Phi) is 5.16. The number of halogens is 1. The summed E-state index contributed by atoms with van der Waals surface area (Å²) in [4.78, 5) is 17.7. The van der Waals surface area contributed by atoms with E-state index in [1.165, 1.54) is 17.7 Å². The molecule has 132 valence electrons. The van der Waals surface area contributed by atoms with Gasteiger partial charge in [-0.25, -0.2) is 9.37 Å². The second kappa shape index (κ2) is 7.51. The van der Waals surface area contributed by atoms with Gasteiger partial charge < -0.3 is 15.4 Å². The lowest BCUT2D eigenvalue weighted by atomic mass is 10.1. The second-order valence-corrected chi connectivity index (χ2v) is 6.23. The molecule has 3 rings (SSSR count). The van der Waals surface area contributed by atoms with E-state index < -0.39 is 11.7 Å². The van der Waals surface area contributed by atoms with Crippen LogP contribution in [0.4, 0.5) is 10.1 Å². The molecule has 1 saturated heterocycles. The van der Waals surface area contributed by atoms with Gasteiger partial charge in [0.2, 0.25) is 5.88 Å². The number of aromatic nitrogens is 1. The number of para-hydroxylation sites is 1. The SMILES string of the molecule is CCCc1ccc(OC2CCN(c3c(F)cccc3C(N)=O)C2)nc1. The molecule has 25 heavy (non-hydrogen) atoms. The summed E-state index contributed by atoms with van der Waals surface area (Å²) >= 11 is 0. The van der Waals surface area contributed by atoms with Crippen LogP contribution in [0.25, 0.3) is 0 Å². The Bertz CT molecular complexity index is 749. The van der Waals surface area contributed by atoms with E-state index in [2.05, 4.69) is 11.9 Å². The zero-order chi connectivity index (χ0) is 17.8. The monoisotopic (exact) mass is 343 g/mol. The minimum atomic E-state index is -0.632. The number of hydrogen-bond acceptors (Lipinski definition) is 4. The van der Waals surface area contributed by atoms with Crippen LogP contribution in [0.1, 0.15) is 35.7 Å². The Morgan fingerprint density at radius 2 is 2.24 bits per heavy atom. The summed E-state index contributed by atoms with van der Waals surface area (Å²) in [5.74, 6) is -0.513. The number of aryl methyl sites for hydroxylation is 1. The molecule has 2 N–H and O–H groups in total. The van der Waals surface area contributed by atoms with Crippen molar-refractivity contribution in [3.8, 4) is 5.88 Å². The van der Waals surface area contributed by atoms with Crippen molar-refractivity contribution in [3.63, 3.8) is 0 Å². The summed E-state index contributed by atoms with van der Waals surface area (Å²) < 4.78 is 20.1. The van der Waals surface area contributed by atoms with Gasteiger partial charge in [-0.15, -0.1) is 0 Å². The van der Waals surface area contributed by atoms with Gasteiger partial charge in [0.15, 0.2) is 0 Å². The number of primary amides is 1. The molecule has 0 bridgehead atoms. The van der Waals surface area contributed by atoms with E-state index >= 15 is 0 Å². The van der Waals surface area contributed by atoms with Crippen LogP contribution < -0.4 is 15.4 Å². The highest BCUT2D eigenvalue weighted by atomic mass is 19.1. The van der Waals surface area contributed by atoms with Crippen molar-refractivity contribution >= 4 is 11.6 Å². The molecular formula is C19H22FN3O2. The predicted molar refractivity (Wildman–Crippen MR) is 94.4 cm³/mol. The number of nitrogens with two attached hydrogens (primary N) is 1. The number of amides is 1. The van der Waals surface area contributed by atoms with Crippen LogP contribution in [0.2, 0.25) is 0 Å². The number of ether oxygens (including phenoxy) is 1. The summed E-state index contributed by atoms with van der Waals surface area (Å²) in [6.07, 6.45) is 4.51. The quantitative estimate of drug-likeness (QED) is 0.876. The van der Waals surface area contributed by atoms with Gasteiger partial charge in [0.25, 0.3) is 5.91 Å². The third-order valence-electron chi connectivity index (χ3n) is 4.34. The van der Waals surface area contributed by atoms with Crippen molar-refractivity contribution in [2.24, 2.45) is 5.73 Å². The zero-order valence-corrected chi connectivity index (χ0v) is 14.2. The van der Waals surface area contributed by atoms with Gasteiger partial charge in [0.05, 0.1) is 17.8 Å². The first-order chi connectivity index (χ1) is 12.1. The fourth-order valence-electron chi connectivity index (χ4n) is 3.15. The third-order valence-corrected chi connectivity index (χ3v) is 4.34. The van der Waals surface area contributed by atoms with Gasteiger partial charge in [-0.3, -0.25) is 4.79 Å². The molecule has 1 aromatic carbocycles. The number of pyridine rings is 1. The average Bonchev–Trinajstić information content (AvgIpc) is 3.04. The topological polar surface area (TPSA) is 68.5 Å². The van der Waals surface area contributed by atoms with Crippen LogP contribution in [-0.2, 0) is 6.42 Å². The number of hydrogen-bond donors (Lipinski definition) is 1. The molecule has 1 aromatic heterocycles. The first-order valence-corrected chi connectivity index (χ1v) is 8.53. The van der Waals surface area contributed by atoms with Crippen LogP contribution in [0.5, 0.6) is 5.88 Å². The fraction of sp³-hybridized carbons (Fsp3) is 0.368. The molecule has 1 amide bonds. The van der Waals surface area contributed by atoms with Crippen molar-refractivity contribution in [3.05, 3.63) is 53.5 Å². The van der Waals surface area contributed by atoms with Gasteiger partial charge in [0.1, 0.15) is 11.9 Å². The molecule has 0 radical (unpaired) electrons. The predicted octanol–water partition coefficient (Wildman–Crippen LogP) is 2.93. The average molecular weight is 343 g/mol. The second-order valence-electron chi connectivity index (χ2n) is 6.23. The molecule has 5 nitrogen and oxygen atoms in total. The van der Waals surface area contributed by atoms with Crippen molar-refractivity contribution in [1.82, 2.24) is 4.98 Å². The van der Waals surface area contributed by atoms with Crippen LogP contribution in [0.3, 0.4) is 0 Å². The van der Waals surface area contributed by atoms with E-state index in [1.807, 2.05) is 23.2 Å². The fourth-order valence-corrected chi connectivity index (χ4v) is 3.15. The molecule has 1 fully saturated rings. The Labute approximate surface area is 146 Å². The van der Waals surface area contributed by atoms with Crippen LogP contribution in [-0.4, -0.2) is 30.1 Å². The summed E-state index contributed by atoms with van der Waals surface area (Å²) in [7, 11) is 0. The standard InChI is InChI=1S/C19H22FN3O2/c1-2-4-13-7-8-17(22-11-13)25-14-9-10-23(12-14)18-15(19(21)24)5-3-6-16(18)20/h3,5-8,11,14H,2,4,9-10,12H2,1H3,(H2,21,24). The van der Waals surface area contributed by atoms with Crippen LogP contribution in [0.15, 0.2) is 36.5 Å². The van der Waals surface area contributed by atoms with Crippen molar-refractivity contribution < 1.29 is 13.9 Å². The Hall–Kier alpha value is -2.63. The first kappa shape index (κ1) is 17.2. The maximum atomic E-state index is 14.2. The Morgan fingerprint density at radius 3 is 2.92 bits per heavy atom. The van der Waals surface area contributed by atoms with E-state index in [4.69, 9.17) is 10.5 Å². The van der Waals surface area contributed by atoms with Gasteiger partial charge in [0, 0.05) is 25.2 Å². The number of rotatable bonds is 6. The largest absolute Gasteiger partial charge is 0.472 e. The van der Waals surface area contributed by atoms with Crippen LogP contribution in [0, 0.1) is 5.82 Å². The van der Waals surface area contributed by atoms with E-state index in [0.29, 0.717) is 19.0 Å². The number of carbonyl (C=O) groups excluding carboxylic acids is 1. The van der Waals surface area contributed by atoms with E-state index in [0.717, 1.165) is 19.3 Å². The summed E-state index contributed by atoms with van der Waals surface area (Å²) in [5.41, 5.74) is 7.01. The lowest BCUT2D eigenvalue weighted by Gasteiger charge is -2.21. The highest BCUT2D eigenvalue weighted by Gasteiger charge is 2.29. The molecule has 2 aromatic rings. The van der Waals surface area contributed by atoms with E-state index in [9.17, 15) is 9.18 Å². The molecular weight excluding hydrogens is 321 g/mol. The number of nitrogens with zero attached hydrogens (tertiary/aromatic N) is 2. The molecule has 0 aliphatic carbocycles. The zero-order valence-electron chi connectivity index (χ0n) is 14.2. The molecule has 0 spiro atoms. The highest BCUT2D eigenvalue weighted by Crippen LogP contribution is 2.29. The van der Waals surface area contributed by atoms with Gasteiger partial charge >= 0.3 is 0 Å². The number of carbonyl (C=O) groups is 1. The number of anilines is 1. The maximum Gasteiger partial charge on any atom is 0.250 e. The van der Waals surface area contributed by atoms with Crippen molar-refractivity contribution in [2.45, 2.75) is 32.3 Å². The van der Waals surface area contributed by atoms with Crippen molar-refractivity contribution in [1.29, 1.82) is 0 Å². The third kappa shape index (κ3) is 3.90. The molecule has 0 saturated carbocycles. The summed E-state index contributed by atoms with van der Waals surface area (Å²) in [5, 5.41) is 0. The molecule has 6 heteroatoms. The highest BCUT2D eigenvalue weighted by molar-refractivity contribution is 5.98. The van der Waals surface area contributed by atoms with Crippen LogP contribution >= 0.6 is 0 Å². The lowest BCUT2D eigenvalue weighted by Crippen LogP contribution is -2.28. The van der Waals surface area contributed by atoms with Gasteiger partial charge in [-0.05, 0) is 24.1 Å². The maximum absolute atomic E-state index is 14.2. The first-order valence-electron chi connectivity index (χ1n) is 8.53.